The van der Waals surface area contributed by atoms with Crippen molar-refractivity contribution < 1.29 is 9.53 Å². The van der Waals surface area contributed by atoms with Crippen molar-refractivity contribution in [2.75, 3.05) is 26.0 Å². The molecule has 1 amide bonds. The Morgan fingerprint density at radius 2 is 2.11 bits per heavy atom. The standard InChI is InChI=1S/C14H21NO2S/c1-11-4-5-13(10-12(11)2)18-9-6-14(16)15-7-8-17-3/h4-5,10H,6-9H2,1-3H3,(H,15,16). The first-order valence-electron chi connectivity index (χ1n) is 6.09. The van der Waals surface area contributed by atoms with E-state index in [0.717, 1.165) is 5.75 Å². The summed E-state index contributed by atoms with van der Waals surface area (Å²) in [6, 6.07) is 6.40. The van der Waals surface area contributed by atoms with Gasteiger partial charge in [0.15, 0.2) is 0 Å². The van der Waals surface area contributed by atoms with E-state index in [9.17, 15) is 4.79 Å². The Morgan fingerprint density at radius 3 is 2.78 bits per heavy atom. The van der Waals surface area contributed by atoms with Crippen molar-refractivity contribution in [1.29, 1.82) is 0 Å². The molecule has 0 unspecified atom stereocenters. The van der Waals surface area contributed by atoms with Crippen LogP contribution >= 0.6 is 11.8 Å². The summed E-state index contributed by atoms with van der Waals surface area (Å²) in [5, 5.41) is 2.81. The van der Waals surface area contributed by atoms with E-state index in [4.69, 9.17) is 4.74 Å². The molecule has 0 aromatic heterocycles. The maximum atomic E-state index is 11.4. The first kappa shape index (κ1) is 15.1. The fourth-order valence-electron chi connectivity index (χ4n) is 1.45. The molecule has 0 radical (unpaired) electrons. The highest BCUT2D eigenvalue weighted by atomic mass is 32.2. The van der Waals surface area contributed by atoms with Crippen LogP contribution < -0.4 is 5.32 Å². The molecule has 3 nitrogen and oxygen atoms in total. The third kappa shape index (κ3) is 5.56. The summed E-state index contributed by atoms with van der Waals surface area (Å²) < 4.78 is 4.87. The lowest BCUT2D eigenvalue weighted by Crippen LogP contribution is -2.27. The molecular formula is C14H21NO2S. The van der Waals surface area contributed by atoms with Gasteiger partial charge in [0.25, 0.3) is 0 Å². The summed E-state index contributed by atoms with van der Waals surface area (Å²) in [5.74, 6) is 0.893. The SMILES string of the molecule is COCCNC(=O)CCSc1ccc(C)c(C)c1. The van der Waals surface area contributed by atoms with Gasteiger partial charge in [0.1, 0.15) is 0 Å². The summed E-state index contributed by atoms with van der Waals surface area (Å²) in [6.45, 7) is 5.36. The van der Waals surface area contributed by atoms with Gasteiger partial charge >= 0.3 is 0 Å². The molecule has 0 heterocycles. The lowest BCUT2D eigenvalue weighted by Gasteiger charge is -2.06. The van der Waals surface area contributed by atoms with Crippen molar-refractivity contribution in [2.24, 2.45) is 0 Å². The molecule has 1 aromatic rings. The molecule has 100 valence electrons. The van der Waals surface area contributed by atoms with Gasteiger partial charge in [-0.3, -0.25) is 4.79 Å². The zero-order valence-corrected chi connectivity index (χ0v) is 12.1. The predicted molar refractivity (Wildman–Crippen MR) is 76.1 cm³/mol. The van der Waals surface area contributed by atoms with Gasteiger partial charge in [-0.05, 0) is 37.1 Å². The predicted octanol–water partition coefficient (Wildman–Crippen LogP) is 2.55. The average Bonchev–Trinajstić information content (AvgIpc) is 2.34. The van der Waals surface area contributed by atoms with E-state index >= 15 is 0 Å². The Hall–Kier alpha value is -1.00. The van der Waals surface area contributed by atoms with Crippen LogP contribution in [0, 0.1) is 13.8 Å². The molecule has 0 aliphatic carbocycles. The minimum absolute atomic E-state index is 0.0865. The van der Waals surface area contributed by atoms with Crippen molar-refractivity contribution in [3.63, 3.8) is 0 Å². The normalized spacial score (nSPS) is 10.4. The monoisotopic (exact) mass is 267 g/mol. The highest BCUT2D eigenvalue weighted by Gasteiger charge is 2.02. The van der Waals surface area contributed by atoms with E-state index in [1.54, 1.807) is 18.9 Å². The molecular weight excluding hydrogens is 246 g/mol. The number of carbonyl (C=O) groups is 1. The van der Waals surface area contributed by atoms with E-state index in [-0.39, 0.29) is 5.91 Å². The Labute approximate surface area is 113 Å². The summed E-state index contributed by atoms with van der Waals surface area (Å²) in [5.41, 5.74) is 2.60. The minimum atomic E-state index is 0.0865. The van der Waals surface area contributed by atoms with Gasteiger partial charge in [-0.25, -0.2) is 0 Å². The smallest absolute Gasteiger partial charge is 0.220 e. The second-order valence-electron chi connectivity index (χ2n) is 4.19. The number of hydrogen-bond acceptors (Lipinski definition) is 3. The molecule has 0 saturated carbocycles. The lowest BCUT2D eigenvalue weighted by molar-refractivity contribution is -0.120. The zero-order chi connectivity index (χ0) is 13.4. The van der Waals surface area contributed by atoms with Crippen LogP contribution in [0.15, 0.2) is 23.1 Å². The maximum absolute atomic E-state index is 11.4. The quantitative estimate of drug-likeness (QED) is 0.609. The number of benzene rings is 1. The van der Waals surface area contributed by atoms with E-state index in [2.05, 4.69) is 37.4 Å². The van der Waals surface area contributed by atoms with Crippen molar-refractivity contribution in [1.82, 2.24) is 5.32 Å². The van der Waals surface area contributed by atoms with Crippen molar-refractivity contribution in [2.45, 2.75) is 25.2 Å². The molecule has 18 heavy (non-hydrogen) atoms. The second-order valence-corrected chi connectivity index (χ2v) is 5.36. The second kappa shape index (κ2) is 8.16. The number of methoxy groups -OCH3 is 1. The van der Waals surface area contributed by atoms with Crippen molar-refractivity contribution in [3.8, 4) is 0 Å². The van der Waals surface area contributed by atoms with Crippen LogP contribution in [0.1, 0.15) is 17.5 Å². The number of thioether (sulfide) groups is 1. The molecule has 1 aromatic carbocycles. The summed E-state index contributed by atoms with van der Waals surface area (Å²) in [6.07, 6.45) is 0.543. The number of carbonyl (C=O) groups excluding carboxylic acids is 1. The van der Waals surface area contributed by atoms with E-state index < -0.39 is 0 Å². The fourth-order valence-corrected chi connectivity index (χ4v) is 2.39. The van der Waals surface area contributed by atoms with Crippen LogP contribution in [0.25, 0.3) is 0 Å². The highest BCUT2D eigenvalue weighted by Crippen LogP contribution is 2.21. The van der Waals surface area contributed by atoms with E-state index in [1.165, 1.54) is 16.0 Å². The van der Waals surface area contributed by atoms with Crippen LogP contribution in [-0.2, 0) is 9.53 Å². The first-order valence-corrected chi connectivity index (χ1v) is 7.07. The Balaban J connectivity index is 2.24. The summed E-state index contributed by atoms with van der Waals surface area (Å²) in [4.78, 5) is 12.7. The number of nitrogens with one attached hydrogen (secondary N) is 1. The molecule has 0 aliphatic rings. The number of rotatable bonds is 7. The van der Waals surface area contributed by atoms with Crippen LogP contribution in [0.4, 0.5) is 0 Å². The van der Waals surface area contributed by atoms with Crippen molar-refractivity contribution in [3.05, 3.63) is 29.3 Å². The minimum Gasteiger partial charge on any atom is -0.383 e. The van der Waals surface area contributed by atoms with Crippen LogP contribution in [-0.4, -0.2) is 31.9 Å². The number of ether oxygens (including phenoxy) is 1. The average molecular weight is 267 g/mol. The number of aryl methyl sites for hydroxylation is 2. The zero-order valence-electron chi connectivity index (χ0n) is 11.3. The van der Waals surface area contributed by atoms with Gasteiger partial charge < -0.3 is 10.1 Å². The summed E-state index contributed by atoms with van der Waals surface area (Å²) >= 11 is 1.72. The molecule has 0 fully saturated rings. The number of amides is 1. The van der Waals surface area contributed by atoms with Gasteiger partial charge in [-0.15, -0.1) is 11.8 Å². The van der Waals surface area contributed by atoms with Gasteiger partial charge in [0.2, 0.25) is 5.91 Å². The van der Waals surface area contributed by atoms with Gasteiger partial charge in [-0.1, -0.05) is 6.07 Å². The van der Waals surface area contributed by atoms with E-state index in [0.29, 0.717) is 19.6 Å². The molecule has 1 N–H and O–H groups in total. The topological polar surface area (TPSA) is 38.3 Å². The first-order chi connectivity index (χ1) is 8.63. The van der Waals surface area contributed by atoms with E-state index in [1.807, 2.05) is 0 Å². The third-order valence-corrected chi connectivity index (χ3v) is 3.70. The molecule has 0 spiro atoms. The fraction of sp³-hybridized carbons (Fsp3) is 0.500. The highest BCUT2D eigenvalue weighted by molar-refractivity contribution is 7.99. The van der Waals surface area contributed by atoms with Gasteiger partial charge in [-0.2, -0.15) is 0 Å². The van der Waals surface area contributed by atoms with Crippen LogP contribution in [0.5, 0.6) is 0 Å². The van der Waals surface area contributed by atoms with Crippen molar-refractivity contribution >= 4 is 17.7 Å². The van der Waals surface area contributed by atoms with Gasteiger partial charge in [0, 0.05) is 30.7 Å². The molecule has 0 atom stereocenters. The third-order valence-electron chi connectivity index (χ3n) is 2.70. The maximum Gasteiger partial charge on any atom is 0.220 e. The van der Waals surface area contributed by atoms with Crippen LogP contribution in [0.2, 0.25) is 0 Å². The Bertz CT molecular complexity index is 393. The Morgan fingerprint density at radius 1 is 1.33 bits per heavy atom. The molecule has 0 aliphatic heterocycles. The lowest BCUT2D eigenvalue weighted by atomic mass is 10.1. The molecule has 4 heteroatoms. The van der Waals surface area contributed by atoms with Crippen LogP contribution in [0.3, 0.4) is 0 Å². The van der Waals surface area contributed by atoms with Gasteiger partial charge in [0.05, 0.1) is 6.61 Å². The molecule has 0 bridgehead atoms. The molecule has 0 saturated heterocycles. The number of hydrogen-bond donors (Lipinski definition) is 1. The molecule has 1 rings (SSSR count). The Kier molecular flexibility index (Phi) is 6.83. The summed E-state index contributed by atoms with van der Waals surface area (Å²) in [7, 11) is 1.63. The largest absolute Gasteiger partial charge is 0.383 e.